The van der Waals surface area contributed by atoms with Crippen LogP contribution in [0.4, 0.5) is 15.4 Å². The van der Waals surface area contributed by atoms with Crippen LogP contribution >= 0.6 is 0 Å². The number of nitrogens with two attached hydrogens (primary N) is 1. The summed E-state index contributed by atoms with van der Waals surface area (Å²) >= 11 is 0. The van der Waals surface area contributed by atoms with Gasteiger partial charge in [0.15, 0.2) is 13.9 Å². The summed E-state index contributed by atoms with van der Waals surface area (Å²) in [6.45, 7) is 17.2. The van der Waals surface area contributed by atoms with Crippen molar-refractivity contribution >= 4 is 32.2 Å². The van der Waals surface area contributed by atoms with E-state index in [1.807, 2.05) is 24.3 Å². The molecule has 42 heavy (non-hydrogen) atoms. The second kappa shape index (κ2) is 12.7. The molecule has 2 aromatic rings. The maximum Gasteiger partial charge on any atom is 0.405 e. The fourth-order valence-corrected chi connectivity index (χ4v) is 5.94. The van der Waals surface area contributed by atoms with Crippen LogP contribution in [-0.2, 0) is 20.4 Å². The zero-order valence-corrected chi connectivity index (χ0v) is 26.9. The van der Waals surface area contributed by atoms with Crippen molar-refractivity contribution in [1.29, 1.82) is 0 Å². The lowest BCUT2D eigenvalue weighted by molar-refractivity contribution is -0.149. The van der Waals surface area contributed by atoms with Crippen molar-refractivity contribution < 1.29 is 23.5 Å². The van der Waals surface area contributed by atoms with Gasteiger partial charge in [-0.25, -0.2) is 14.4 Å². The van der Waals surface area contributed by atoms with E-state index in [0.717, 1.165) is 12.0 Å². The van der Waals surface area contributed by atoms with E-state index < -0.39 is 37.6 Å². The zero-order chi connectivity index (χ0) is 31.5. The van der Waals surface area contributed by atoms with Gasteiger partial charge in [0.25, 0.3) is 5.91 Å². The molecule has 0 radical (unpaired) electrons. The number of nitrogens with zero attached hydrogens (tertiary/aromatic N) is 4. The highest BCUT2D eigenvalue weighted by Gasteiger charge is 2.39. The molecule has 1 fully saturated rings. The number of hydrogen-bond donors (Lipinski definition) is 2. The molecule has 4 amide bonds. The Bertz CT molecular complexity index is 1340. The first-order valence-electron chi connectivity index (χ1n) is 14.1. The second-order valence-corrected chi connectivity index (χ2v) is 17.4. The molecule has 1 aliphatic rings. The average molecular weight is 601 g/mol. The monoisotopic (exact) mass is 600 g/mol. The Morgan fingerprint density at radius 1 is 1.00 bits per heavy atom. The Labute approximate surface area is 248 Å². The summed E-state index contributed by atoms with van der Waals surface area (Å²) in [5.74, 6) is -0.266. The second-order valence-electron chi connectivity index (χ2n) is 12.7. The van der Waals surface area contributed by atoms with Crippen LogP contribution < -0.4 is 16.7 Å². The number of ether oxygens (including phenoxy) is 1. The van der Waals surface area contributed by atoms with Crippen LogP contribution in [0.25, 0.3) is 5.69 Å². The summed E-state index contributed by atoms with van der Waals surface area (Å²) in [5.41, 5.74) is 4.91. The van der Waals surface area contributed by atoms with Gasteiger partial charge in [-0.05, 0) is 69.1 Å². The van der Waals surface area contributed by atoms with Crippen LogP contribution in [-0.4, -0.2) is 83.6 Å². The van der Waals surface area contributed by atoms with Gasteiger partial charge in [-0.15, -0.1) is 0 Å². The number of urea groups is 1. The van der Waals surface area contributed by atoms with E-state index in [-0.39, 0.29) is 43.1 Å². The Balaban J connectivity index is 1.56. The van der Waals surface area contributed by atoms with Crippen molar-refractivity contribution in [1.82, 2.24) is 19.4 Å². The third-order valence-electron chi connectivity index (χ3n) is 7.80. The van der Waals surface area contributed by atoms with Crippen molar-refractivity contribution in [2.45, 2.75) is 77.8 Å². The molecule has 1 saturated heterocycles. The van der Waals surface area contributed by atoms with Crippen molar-refractivity contribution in [3.8, 4) is 5.69 Å². The molecule has 12 nitrogen and oxygen atoms in total. The van der Waals surface area contributed by atoms with Gasteiger partial charge in [0.05, 0.1) is 5.69 Å². The number of anilines is 1. The topological polar surface area (TPSA) is 149 Å². The SMILES string of the molecule is CC(Cc1ccc(-n2ccc(NC(=O)N3CCN(C(=O)C(C)(C)OC(N)=O)CC3)nc2=O)cc1)O[Si](C)(C)C(C)(C)C. The summed E-state index contributed by atoms with van der Waals surface area (Å²) < 4.78 is 12.8. The number of nitrogens with one attached hydrogen (secondary N) is 1. The fourth-order valence-electron chi connectivity index (χ4n) is 4.49. The van der Waals surface area contributed by atoms with Crippen LogP contribution in [0.2, 0.25) is 18.1 Å². The molecule has 2 heterocycles. The smallest absolute Gasteiger partial charge is 0.405 e. The van der Waals surface area contributed by atoms with E-state index in [1.165, 1.54) is 28.2 Å². The number of rotatable bonds is 8. The number of carbonyl (C=O) groups excluding carboxylic acids is 3. The molecule has 0 spiro atoms. The third kappa shape index (κ3) is 8.19. The highest BCUT2D eigenvalue weighted by Crippen LogP contribution is 2.37. The van der Waals surface area contributed by atoms with Gasteiger partial charge in [0, 0.05) is 38.5 Å². The summed E-state index contributed by atoms with van der Waals surface area (Å²) in [6.07, 6.45) is 1.39. The molecule has 3 rings (SSSR count). The average Bonchev–Trinajstić information content (AvgIpc) is 2.87. The highest BCUT2D eigenvalue weighted by molar-refractivity contribution is 6.74. The van der Waals surface area contributed by atoms with E-state index >= 15 is 0 Å². The van der Waals surface area contributed by atoms with Crippen molar-refractivity contribution in [3.63, 3.8) is 0 Å². The fraction of sp³-hybridized carbons (Fsp3) is 0.552. The molecule has 1 aliphatic heterocycles. The summed E-state index contributed by atoms with van der Waals surface area (Å²) in [5, 5.41) is 2.79. The minimum atomic E-state index is -1.86. The summed E-state index contributed by atoms with van der Waals surface area (Å²) in [6, 6.07) is 8.82. The number of carbonyl (C=O) groups is 3. The van der Waals surface area contributed by atoms with Crippen molar-refractivity contribution in [2.24, 2.45) is 5.73 Å². The van der Waals surface area contributed by atoms with Crippen LogP contribution in [0.15, 0.2) is 41.3 Å². The number of benzene rings is 1. The van der Waals surface area contributed by atoms with Gasteiger partial charge in [-0.2, -0.15) is 4.98 Å². The maximum atomic E-state index is 12.8. The number of hydrogen-bond acceptors (Lipinski definition) is 7. The lowest BCUT2D eigenvalue weighted by Gasteiger charge is -2.38. The number of amides is 4. The quantitative estimate of drug-likeness (QED) is 0.439. The summed E-state index contributed by atoms with van der Waals surface area (Å²) in [7, 11) is -1.86. The molecule has 1 unspecified atom stereocenters. The van der Waals surface area contributed by atoms with Crippen LogP contribution in [0, 0.1) is 0 Å². The van der Waals surface area contributed by atoms with Crippen LogP contribution in [0.3, 0.4) is 0 Å². The Morgan fingerprint density at radius 3 is 2.10 bits per heavy atom. The molecule has 230 valence electrons. The molecule has 1 atom stereocenters. The van der Waals surface area contributed by atoms with E-state index in [9.17, 15) is 19.2 Å². The van der Waals surface area contributed by atoms with E-state index in [0.29, 0.717) is 5.69 Å². The minimum absolute atomic E-state index is 0.0789. The maximum absolute atomic E-state index is 12.8. The Kier molecular flexibility index (Phi) is 9.88. The van der Waals surface area contributed by atoms with E-state index in [1.54, 1.807) is 12.3 Å². The molecule has 0 bridgehead atoms. The first kappa shape index (κ1) is 32.8. The van der Waals surface area contributed by atoms with Crippen LogP contribution in [0.5, 0.6) is 0 Å². The van der Waals surface area contributed by atoms with Gasteiger partial charge < -0.3 is 24.7 Å². The van der Waals surface area contributed by atoms with Gasteiger partial charge in [-0.1, -0.05) is 32.9 Å². The van der Waals surface area contributed by atoms with Gasteiger partial charge in [0.1, 0.15) is 5.82 Å². The van der Waals surface area contributed by atoms with Gasteiger partial charge in [0.2, 0.25) is 0 Å². The molecular weight excluding hydrogens is 556 g/mol. The largest absolute Gasteiger partial charge is 0.434 e. The first-order valence-corrected chi connectivity index (χ1v) is 17.0. The molecule has 13 heteroatoms. The van der Waals surface area contributed by atoms with Gasteiger partial charge >= 0.3 is 17.8 Å². The van der Waals surface area contributed by atoms with E-state index in [4.69, 9.17) is 14.9 Å². The lowest BCUT2D eigenvalue weighted by atomic mass is 10.1. The zero-order valence-electron chi connectivity index (χ0n) is 25.9. The minimum Gasteiger partial charge on any atom is -0.434 e. The lowest BCUT2D eigenvalue weighted by Crippen LogP contribution is -2.56. The normalized spacial score (nSPS) is 15.2. The van der Waals surface area contributed by atoms with Crippen molar-refractivity contribution in [2.75, 3.05) is 31.5 Å². The number of aromatic nitrogens is 2. The highest BCUT2D eigenvalue weighted by atomic mass is 28.4. The first-order chi connectivity index (χ1) is 19.4. The molecular formula is C29H44N6O6Si. The molecule has 1 aromatic heterocycles. The standard InChI is InChI=1S/C29H44N6O6Si/c1-20(41-42(7,8)28(2,3)4)19-21-9-11-22(12-10-21)35-14-13-23(32-27(35)39)31-26(38)34-17-15-33(16-18-34)24(36)29(5,6)40-25(30)37/h9-14,20H,15-19H2,1-8H3,(H2,30,37)(H,31,32,38,39). The molecule has 1 aromatic carbocycles. The van der Waals surface area contributed by atoms with E-state index in [2.05, 4.69) is 51.1 Å². The Morgan fingerprint density at radius 2 is 1.57 bits per heavy atom. The van der Waals surface area contributed by atoms with Crippen LogP contribution in [0.1, 0.15) is 47.1 Å². The number of primary amides is 1. The Hall–Kier alpha value is -3.71. The number of piperazine rings is 1. The molecule has 0 saturated carbocycles. The predicted molar refractivity (Wildman–Crippen MR) is 163 cm³/mol. The van der Waals surface area contributed by atoms with Gasteiger partial charge in [-0.3, -0.25) is 14.7 Å². The summed E-state index contributed by atoms with van der Waals surface area (Å²) in [4.78, 5) is 56.4. The van der Waals surface area contributed by atoms with Crippen molar-refractivity contribution in [3.05, 3.63) is 52.6 Å². The molecule has 3 N–H and O–H groups in total. The predicted octanol–water partition coefficient (Wildman–Crippen LogP) is 3.74. The third-order valence-corrected chi connectivity index (χ3v) is 12.4. The molecule has 0 aliphatic carbocycles.